The summed E-state index contributed by atoms with van der Waals surface area (Å²) in [6, 6.07) is 7.21. The topological polar surface area (TPSA) is 48.9 Å². The molecule has 28 heavy (non-hydrogen) atoms. The monoisotopic (exact) mass is 506 g/mol. The number of piperidine rings is 1. The first kappa shape index (κ1) is 25.1. The molecule has 2 rings (SSSR count). The fourth-order valence-electron chi connectivity index (χ4n) is 3.40. The summed E-state index contributed by atoms with van der Waals surface area (Å²) < 4.78 is 18.6. The Bertz CT molecular complexity index is 595. The first-order valence-corrected chi connectivity index (χ1v) is 9.78. The van der Waals surface area contributed by atoms with E-state index in [4.69, 9.17) is 4.74 Å². The Labute approximate surface area is 186 Å². The van der Waals surface area contributed by atoms with E-state index in [1.807, 2.05) is 12.1 Å². The van der Waals surface area contributed by atoms with Crippen LogP contribution in [-0.2, 0) is 11.3 Å². The van der Waals surface area contributed by atoms with Crippen LogP contribution in [0.5, 0.6) is 0 Å². The Balaban J connectivity index is 0.00000392. The summed E-state index contributed by atoms with van der Waals surface area (Å²) >= 11 is 0. The van der Waals surface area contributed by atoms with Crippen LogP contribution < -0.4 is 10.6 Å². The maximum atomic E-state index is 13.0. The van der Waals surface area contributed by atoms with Crippen molar-refractivity contribution in [2.75, 3.05) is 33.8 Å². The summed E-state index contributed by atoms with van der Waals surface area (Å²) in [6.45, 7) is 10.2. The van der Waals surface area contributed by atoms with Crippen LogP contribution in [0, 0.1) is 11.2 Å². The van der Waals surface area contributed by atoms with Gasteiger partial charge in [0, 0.05) is 46.4 Å². The minimum absolute atomic E-state index is 0. The molecule has 0 saturated carbocycles. The van der Waals surface area contributed by atoms with E-state index in [2.05, 4.69) is 41.3 Å². The first-order valence-electron chi connectivity index (χ1n) is 9.78. The van der Waals surface area contributed by atoms with Gasteiger partial charge in [0.1, 0.15) is 5.82 Å². The molecule has 0 radical (unpaired) electrons. The van der Waals surface area contributed by atoms with Crippen LogP contribution in [0.4, 0.5) is 4.39 Å². The molecular formula is C21H36FIN4O. The molecule has 160 valence electrons. The van der Waals surface area contributed by atoms with Crippen molar-refractivity contribution in [3.63, 3.8) is 0 Å². The molecule has 0 amide bonds. The molecule has 1 saturated heterocycles. The van der Waals surface area contributed by atoms with Crippen molar-refractivity contribution in [3.05, 3.63) is 35.6 Å². The summed E-state index contributed by atoms with van der Waals surface area (Å²) in [5.41, 5.74) is 1.24. The highest BCUT2D eigenvalue weighted by atomic mass is 127. The van der Waals surface area contributed by atoms with Crippen molar-refractivity contribution < 1.29 is 9.13 Å². The predicted octanol–water partition coefficient (Wildman–Crippen LogP) is 3.63. The fourth-order valence-corrected chi connectivity index (χ4v) is 3.40. The zero-order valence-corrected chi connectivity index (χ0v) is 20.1. The molecule has 0 bridgehead atoms. The van der Waals surface area contributed by atoms with Crippen LogP contribution in [0.2, 0.25) is 0 Å². The Morgan fingerprint density at radius 2 is 1.86 bits per heavy atom. The van der Waals surface area contributed by atoms with Gasteiger partial charge in [0.25, 0.3) is 0 Å². The average molecular weight is 506 g/mol. The van der Waals surface area contributed by atoms with Gasteiger partial charge in [-0.2, -0.15) is 0 Å². The van der Waals surface area contributed by atoms with Gasteiger partial charge in [0.2, 0.25) is 0 Å². The number of methoxy groups -OCH3 is 1. The lowest BCUT2D eigenvalue weighted by Crippen LogP contribution is -2.51. The summed E-state index contributed by atoms with van der Waals surface area (Å²) in [4.78, 5) is 6.77. The predicted molar refractivity (Wildman–Crippen MR) is 125 cm³/mol. The number of nitrogens with zero attached hydrogens (tertiary/aromatic N) is 2. The van der Waals surface area contributed by atoms with Gasteiger partial charge in [-0.25, -0.2) is 4.39 Å². The third kappa shape index (κ3) is 8.21. The maximum Gasteiger partial charge on any atom is 0.191 e. The highest BCUT2D eigenvalue weighted by molar-refractivity contribution is 14.0. The highest BCUT2D eigenvalue weighted by Gasteiger charge is 2.25. The molecule has 1 aromatic rings. The number of likely N-dealkylation sites (tertiary alicyclic amines) is 1. The first-order chi connectivity index (χ1) is 12.8. The van der Waals surface area contributed by atoms with Gasteiger partial charge in [-0.1, -0.05) is 32.9 Å². The quantitative estimate of drug-likeness (QED) is 0.352. The van der Waals surface area contributed by atoms with Crippen molar-refractivity contribution >= 4 is 29.9 Å². The molecule has 1 aliphatic heterocycles. The molecule has 2 N–H and O–H groups in total. The Morgan fingerprint density at radius 3 is 2.36 bits per heavy atom. The number of guanidine groups is 1. The molecule has 1 fully saturated rings. The molecule has 5 nitrogen and oxygen atoms in total. The number of hydrogen-bond donors (Lipinski definition) is 2. The van der Waals surface area contributed by atoms with Crippen LogP contribution in [0.15, 0.2) is 29.3 Å². The zero-order chi connectivity index (χ0) is 19.9. The van der Waals surface area contributed by atoms with Gasteiger partial charge in [-0.15, -0.1) is 24.0 Å². The standard InChI is InChI=1S/C21H35FN4O.HI/c1-21(2,3)19(27-5)14-24-20(23-4)25-18-10-12-26(13-11-18)15-16-6-8-17(22)9-7-16;/h6-9,18-19H,10-15H2,1-5H3,(H2,23,24,25);1H. The Hall–Kier alpha value is -0.930. The van der Waals surface area contributed by atoms with Crippen molar-refractivity contribution in [1.82, 2.24) is 15.5 Å². The molecule has 1 aromatic carbocycles. The summed E-state index contributed by atoms with van der Waals surface area (Å²) in [6.07, 6.45) is 2.25. The van der Waals surface area contributed by atoms with Gasteiger partial charge < -0.3 is 15.4 Å². The number of aliphatic imine (C=N–C) groups is 1. The molecule has 0 spiro atoms. The van der Waals surface area contributed by atoms with Crippen LogP contribution >= 0.6 is 24.0 Å². The van der Waals surface area contributed by atoms with E-state index in [-0.39, 0.29) is 41.3 Å². The van der Waals surface area contributed by atoms with E-state index in [0.29, 0.717) is 6.04 Å². The number of halogens is 2. The second kappa shape index (κ2) is 11.9. The van der Waals surface area contributed by atoms with Gasteiger partial charge in [0.15, 0.2) is 5.96 Å². The lowest BCUT2D eigenvalue weighted by atomic mass is 9.89. The Kier molecular flexibility index (Phi) is 10.7. The second-order valence-corrected chi connectivity index (χ2v) is 8.36. The summed E-state index contributed by atoms with van der Waals surface area (Å²) in [5, 5.41) is 6.93. The fraction of sp³-hybridized carbons (Fsp3) is 0.667. The second-order valence-electron chi connectivity index (χ2n) is 8.36. The normalized spacial score (nSPS) is 17.7. The van der Waals surface area contributed by atoms with E-state index in [1.165, 1.54) is 12.1 Å². The SMILES string of the molecule is CN=C(NCC(OC)C(C)(C)C)NC1CCN(Cc2ccc(F)cc2)CC1.I. The van der Waals surface area contributed by atoms with Crippen molar-refractivity contribution in [1.29, 1.82) is 0 Å². The third-order valence-corrected chi connectivity index (χ3v) is 5.18. The summed E-state index contributed by atoms with van der Waals surface area (Å²) in [5.74, 6) is 0.654. The van der Waals surface area contributed by atoms with Gasteiger partial charge in [-0.3, -0.25) is 9.89 Å². The number of ether oxygens (including phenoxy) is 1. The zero-order valence-electron chi connectivity index (χ0n) is 17.8. The van der Waals surface area contributed by atoms with Crippen LogP contribution in [0.3, 0.4) is 0 Å². The van der Waals surface area contributed by atoms with E-state index >= 15 is 0 Å². The third-order valence-electron chi connectivity index (χ3n) is 5.18. The lowest BCUT2D eigenvalue weighted by Gasteiger charge is -2.34. The minimum Gasteiger partial charge on any atom is -0.379 e. The number of rotatable bonds is 6. The van der Waals surface area contributed by atoms with E-state index in [1.54, 1.807) is 14.2 Å². The smallest absolute Gasteiger partial charge is 0.191 e. The van der Waals surface area contributed by atoms with Crippen LogP contribution in [0.25, 0.3) is 0 Å². The minimum atomic E-state index is -0.178. The van der Waals surface area contributed by atoms with Crippen LogP contribution in [0.1, 0.15) is 39.2 Å². The summed E-state index contributed by atoms with van der Waals surface area (Å²) in [7, 11) is 3.56. The highest BCUT2D eigenvalue weighted by Crippen LogP contribution is 2.21. The van der Waals surface area contributed by atoms with Gasteiger partial charge >= 0.3 is 0 Å². The van der Waals surface area contributed by atoms with E-state index in [0.717, 1.165) is 50.5 Å². The van der Waals surface area contributed by atoms with Crippen molar-refractivity contribution in [2.45, 2.75) is 52.3 Å². The van der Waals surface area contributed by atoms with E-state index in [9.17, 15) is 4.39 Å². The van der Waals surface area contributed by atoms with Crippen LogP contribution in [-0.4, -0.2) is 56.8 Å². The maximum absolute atomic E-state index is 13.0. The molecule has 1 atom stereocenters. The molecule has 1 unspecified atom stereocenters. The van der Waals surface area contributed by atoms with Crippen molar-refractivity contribution in [3.8, 4) is 0 Å². The molecule has 7 heteroatoms. The van der Waals surface area contributed by atoms with Gasteiger partial charge in [0.05, 0.1) is 6.10 Å². The number of benzene rings is 1. The molecule has 0 aliphatic carbocycles. The number of hydrogen-bond acceptors (Lipinski definition) is 3. The molecule has 1 aliphatic rings. The molecule has 0 aromatic heterocycles. The van der Waals surface area contributed by atoms with Crippen molar-refractivity contribution in [2.24, 2.45) is 10.4 Å². The average Bonchev–Trinajstić information content (AvgIpc) is 2.63. The number of nitrogens with one attached hydrogen (secondary N) is 2. The van der Waals surface area contributed by atoms with E-state index < -0.39 is 0 Å². The Morgan fingerprint density at radius 1 is 1.25 bits per heavy atom. The lowest BCUT2D eigenvalue weighted by molar-refractivity contribution is 0.0204. The molecular weight excluding hydrogens is 470 g/mol. The molecule has 1 heterocycles. The largest absolute Gasteiger partial charge is 0.379 e. The van der Waals surface area contributed by atoms with Gasteiger partial charge in [-0.05, 0) is 36.0 Å².